The van der Waals surface area contributed by atoms with Crippen molar-refractivity contribution in [3.05, 3.63) is 142 Å². The van der Waals surface area contributed by atoms with Gasteiger partial charge in [0.15, 0.2) is 11.7 Å². The molecule has 0 heterocycles. The van der Waals surface area contributed by atoms with Crippen LogP contribution in [-0.2, 0) is 6.42 Å². The van der Waals surface area contributed by atoms with Crippen LogP contribution in [0.25, 0.3) is 23.8 Å². The van der Waals surface area contributed by atoms with Crippen LogP contribution in [0.2, 0.25) is 0 Å². The molecule has 0 saturated heterocycles. The average molecular weight is 455 g/mol. The minimum atomic E-state index is -0.889. The van der Waals surface area contributed by atoms with Gasteiger partial charge in [-0.25, -0.2) is 13.2 Å². The molecule has 0 saturated carbocycles. The van der Waals surface area contributed by atoms with E-state index in [4.69, 9.17) is 0 Å². The van der Waals surface area contributed by atoms with Gasteiger partial charge in [0.25, 0.3) is 0 Å². The van der Waals surface area contributed by atoms with Crippen molar-refractivity contribution in [3.63, 3.8) is 0 Å². The molecule has 0 amide bonds. The van der Waals surface area contributed by atoms with Gasteiger partial charge < -0.3 is 0 Å². The van der Waals surface area contributed by atoms with Crippen molar-refractivity contribution in [2.24, 2.45) is 0 Å². The van der Waals surface area contributed by atoms with Gasteiger partial charge in [0.2, 0.25) is 0 Å². The lowest BCUT2D eigenvalue weighted by Gasteiger charge is -2.12. The molecule has 0 aliphatic rings. The van der Waals surface area contributed by atoms with Gasteiger partial charge in [-0.15, -0.1) is 0 Å². The third-order valence-corrected chi connectivity index (χ3v) is 5.81. The molecule has 1 atom stereocenters. The normalized spacial score (nSPS) is 13.1. The Morgan fingerprint density at radius 2 is 1.12 bits per heavy atom. The maximum atomic E-state index is 14.8. The van der Waals surface area contributed by atoms with E-state index in [1.807, 2.05) is 42.5 Å². The molecule has 0 N–H and O–H groups in total. The molecule has 0 aromatic heterocycles. The van der Waals surface area contributed by atoms with Gasteiger partial charge >= 0.3 is 0 Å². The van der Waals surface area contributed by atoms with Crippen LogP contribution in [0.5, 0.6) is 0 Å². The molecule has 4 rings (SSSR count). The summed E-state index contributed by atoms with van der Waals surface area (Å²) in [5, 5.41) is 0. The number of hydrogen-bond donors (Lipinski definition) is 0. The molecular weight excluding hydrogens is 429 g/mol. The molecule has 0 unspecified atom stereocenters. The van der Waals surface area contributed by atoms with Crippen molar-refractivity contribution in [3.8, 4) is 0 Å². The Hall–Kier alpha value is -3.85. The molecule has 4 aromatic carbocycles. The van der Waals surface area contributed by atoms with E-state index in [9.17, 15) is 13.2 Å². The molecule has 0 fully saturated rings. The Labute approximate surface area is 198 Å². The maximum Gasteiger partial charge on any atom is 0.166 e. The second-order valence-corrected chi connectivity index (χ2v) is 8.35. The minimum absolute atomic E-state index is 0.179. The van der Waals surface area contributed by atoms with Gasteiger partial charge in [-0.3, -0.25) is 0 Å². The van der Waals surface area contributed by atoms with E-state index in [1.165, 1.54) is 17.7 Å². The predicted molar refractivity (Wildman–Crippen MR) is 136 cm³/mol. The van der Waals surface area contributed by atoms with Crippen molar-refractivity contribution < 1.29 is 13.2 Å². The van der Waals surface area contributed by atoms with Crippen LogP contribution in [0.15, 0.2) is 103 Å². The first kappa shape index (κ1) is 23.3. The van der Waals surface area contributed by atoms with Gasteiger partial charge in [0.05, 0.1) is 0 Å². The van der Waals surface area contributed by atoms with E-state index < -0.39 is 11.7 Å². The first-order valence-corrected chi connectivity index (χ1v) is 11.2. The minimum Gasteiger partial charge on any atom is -0.207 e. The number of benzene rings is 4. The van der Waals surface area contributed by atoms with E-state index in [0.29, 0.717) is 5.92 Å². The van der Waals surface area contributed by atoms with Gasteiger partial charge in [-0.2, -0.15) is 0 Å². The molecule has 3 heteroatoms. The zero-order valence-corrected chi connectivity index (χ0v) is 18.9. The standard InChI is InChI=1S/C31H25F3/c1-22(26-5-3-2-4-6-26)21-25-11-17-28(18-12-25)31(34)30(33)27-15-9-23(10-16-27)7-8-24-13-19-29(32)20-14-24/h2-20,22H,21H2,1H3/t22-/m1/s1. The molecule has 34 heavy (non-hydrogen) atoms. The maximum absolute atomic E-state index is 14.8. The van der Waals surface area contributed by atoms with Gasteiger partial charge in [0.1, 0.15) is 5.82 Å². The summed E-state index contributed by atoms with van der Waals surface area (Å²) < 4.78 is 42.7. The second kappa shape index (κ2) is 10.8. The molecule has 0 aliphatic carbocycles. The van der Waals surface area contributed by atoms with E-state index in [2.05, 4.69) is 19.1 Å². The van der Waals surface area contributed by atoms with E-state index >= 15 is 0 Å². The summed E-state index contributed by atoms with van der Waals surface area (Å²) in [5.74, 6) is -1.72. The predicted octanol–water partition coefficient (Wildman–Crippen LogP) is 9.11. The van der Waals surface area contributed by atoms with Crippen molar-refractivity contribution in [2.75, 3.05) is 0 Å². The van der Waals surface area contributed by atoms with E-state index in [-0.39, 0.29) is 16.9 Å². The number of rotatable bonds is 7. The topological polar surface area (TPSA) is 0 Å². The summed E-state index contributed by atoms with van der Waals surface area (Å²) in [5.41, 5.74) is 4.40. The third-order valence-electron chi connectivity index (χ3n) is 5.81. The van der Waals surface area contributed by atoms with Crippen LogP contribution in [0, 0.1) is 5.82 Å². The van der Waals surface area contributed by atoms with Crippen LogP contribution in [0.4, 0.5) is 13.2 Å². The Balaban J connectivity index is 1.44. The summed E-state index contributed by atoms with van der Waals surface area (Å²) >= 11 is 0. The van der Waals surface area contributed by atoms with Crippen LogP contribution >= 0.6 is 0 Å². The van der Waals surface area contributed by atoms with Crippen LogP contribution in [0.3, 0.4) is 0 Å². The molecular formula is C31H25F3. The summed E-state index contributed by atoms with van der Waals surface area (Å²) in [7, 11) is 0. The summed E-state index contributed by atoms with van der Waals surface area (Å²) in [6.07, 6.45) is 4.50. The Morgan fingerprint density at radius 1 is 0.647 bits per heavy atom. The quantitative estimate of drug-likeness (QED) is 0.244. The molecule has 0 nitrogen and oxygen atoms in total. The molecule has 170 valence electrons. The highest BCUT2D eigenvalue weighted by Crippen LogP contribution is 2.30. The van der Waals surface area contributed by atoms with E-state index in [1.54, 1.807) is 48.5 Å². The highest BCUT2D eigenvalue weighted by Gasteiger charge is 2.12. The zero-order valence-electron chi connectivity index (χ0n) is 18.9. The third kappa shape index (κ3) is 5.93. The van der Waals surface area contributed by atoms with Crippen molar-refractivity contribution in [1.82, 2.24) is 0 Å². The number of halogens is 3. The van der Waals surface area contributed by atoms with Crippen molar-refractivity contribution in [1.29, 1.82) is 0 Å². The van der Waals surface area contributed by atoms with Crippen molar-refractivity contribution in [2.45, 2.75) is 19.3 Å². The smallest absolute Gasteiger partial charge is 0.166 e. The fourth-order valence-electron chi connectivity index (χ4n) is 3.80. The van der Waals surface area contributed by atoms with Crippen molar-refractivity contribution >= 4 is 23.8 Å². The van der Waals surface area contributed by atoms with Gasteiger partial charge in [-0.1, -0.05) is 110 Å². The SMILES string of the molecule is C[C@H](Cc1ccc(C(F)=C(F)c2ccc(C=Cc3ccc(F)cc3)cc2)cc1)c1ccccc1. The first-order chi connectivity index (χ1) is 16.5. The first-order valence-electron chi connectivity index (χ1n) is 11.2. The number of hydrogen-bond acceptors (Lipinski definition) is 0. The Kier molecular flexibility index (Phi) is 7.44. The highest BCUT2D eigenvalue weighted by molar-refractivity contribution is 5.83. The largest absolute Gasteiger partial charge is 0.207 e. The average Bonchev–Trinajstić information content (AvgIpc) is 2.89. The fourth-order valence-corrected chi connectivity index (χ4v) is 3.80. The second-order valence-electron chi connectivity index (χ2n) is 8.35. The lowest BCUT2D eigenvalue weighted by atomic mass is 9.93. The molecule has 0 spiro atoms. The van der Waals surface area contributed by atoms with Gasteiger partial charge in [-0.05, 0) is 46.7 Å². The van der Waals surface area contributed by atoms with E-state index in [0.717, 1.165) is 23.1 Å². The summed E-state index contributed by atoms with van der Waals surface area (Å²) in [4.78, 5) is 0. The Morgan fingerprint density at radius 3 is 1.65 bits per heavy atom. The molecule has 0 bridgehead atoms. The lowest BCUT2D eigenvalue weighted by Crippen LogP contribution is -1.98. The summed E-state index contributed by atoms with van der Waals surface area (Å²) in [6, 6.07) is 29.9. The summed E-state index contributed by atoms with van der Waals surface area (Å²) in [6.45, 7) is 2.15. The van der Waals surface area contributed by atoms with Crippen LogP contribution in [-0.4, -0.2) is 0 Å². The molecule has 0 radical (unpaired) electrons. The van der Waals surface area contributed by atoms with Gasteiger partial charge in [0, 0.05) is 11.1 Å². The fraction of sp³-hybridized carbons (Fsp3) is 0.0968. The zero-order chi connectivity index (χ0) is 23.9. The molecule has 0 aliphatic heterocycles. The lowest BCUT2D eigenvalue weighted by molar-refractivity contribution is 0.628. The van der Waals surface area contributed by atoms with Crippen LogP contribution in [0.1, 0.15) is 46.2 Å². The molecule has 4 aromatic rings. The highest BCUT2D eigenvalue weighted by atomic mass is 19.2. The monoisotopic (exact) mass is 454 g/mol. The van der Waals surface area contributed by atoms with Crippen LogP contribution < -0.4 is 0 Å². The Bertz CT molecular complexity index is 1270.